The first-order valence-electron chi connectivity index (χ1n) is 7.03. The summed E-state index contributed by atoms with van der Waals surface area (Å²) >= 11 is 0. The second kappa shape index (κ2) is 7.47. The Balaban J connectivity index is 2.16. The standard InChI is InChI=1S/C16H19N3O2/c1-3-21-16(20)13-8-12(2)4-5-14(9-13)18-10-15-6-7-17-11-19-15/h6-9,11H,3-5,10H2,1-2H3. The third-order valence-electron chi connectivity index (χ3n) is 3.10. The number of hydrogen-bond donors (Lipinski definition) is 0. The number of allylic oxidation sites excluding steroid dienone is 2. The topological polar surface area (TPSA) is 64.4 Å². The van der Waals surface area contributed by atoms with Crippen molar-refractivity contribution in [2.24, 2.45) is 4.99 Å². The molecule has 1 aliphatic rings. The van der Waals surface area contributed by atoms with Crippen LogP contribution in [0.15, 0.2) is 46.9 Å². The van der Waals surface area contributed by atoms with Gasteiger partial charge in [-0.25, -0.2) is 14.8 Å². The van der Waals surface area contributed by atoms with E-state index < -0.39 is 0 Å². The van der Waals surface area contributed by atoms with Gasteiger partial charge >= 0.3 is 5.97 Å². The van der Waals surface area contributed by atoms with E-state index in [1.54, 1.807) is 13.1 Å². The molecule has 5 nitrogen and oxygen atoms in total. The number of ether oxygens (including phenoxy) is 1. The van der Waals surface area contributed by atoms with Crippen LogP contribution in [0.2, 0.25) is 0 Å². The lowest BCUT2D eigenvalue weighted by molar-refractivity contribution is -0.138. The molecule has 21 heavy (non-hydrogen) atoms. The SMILES string of the molecule is CCOC(=O)C1=CC(=NCc2ccncn2)CCC(C)=C1. The lowest BCUT2D eigenvalue weighted by Gasteiger charge is -2.02. The van der Waals surface area contributed by atoms with Crippen molar-refractivity contribution >= 4 is 11.7 Å². The summed E-state index contributed by atoms with van der Waals surface area (Å²) in [5.41, 5.74) is 3.47. The summed E-state index contributed by atoms with van der Waals surface area (Å²) in [6.45, 7) is 4.68. The van der Waals surface area contributed by atoms with Gasteiger partial charge in [-0.1, -0.05) is 5.57 Å². The second-order valence-electron chi connectivity index (χ2n) is 4.82. The van der Waals surface area contributed by atoms with Crippen molar-refractivity contribution in [3.05, 3.63) is 47.6 Å². The highest BCUT2D eigenvalue weighted by Gasteiger charge is 2.13. The predicted molar refractivity (Wildman–Crippen MR) is 80.9 cm³/mol. The van der Waals surface area contributed by atoms with Crippen molar-refractivity contribution in [3.8, 4) is 0 Å². The zero-order valence-electron chi connectivity index (χ0n) is 12.4. The van der Waals surface area contributed by atoms with Crippen molar-refractivity contribution in [3.63, 3.8) is 0 Å². The third-order valence-corrected chi connectivity index (χ3v) is 3.10. The Labute approximate surface area is 124 Å². The van der Waals surface area contributed by atoms with Crippen LogP contribution in [0.3, 0.4) is 0 Å². The molecule has 0 fully saturated rings. The van der Waals surface area contributed by atoms with Gasteiger partial charge in [0.05, 0.1) is 24.4 Å². The number of aromatic nitrogens is 2. The Morgan fingerprint density at radius 2 is 2.24 bits per heavy atom. The van der Waals surface area contributed by atoms with E-state index in [0.29, 0.717) is 18.7 Å². The van der Waals surface area contributed by atoms with E-state index in [0.717, 1.165) is 29.8 Å². The molecule has 110 valence electrons. The highest BCUT2D eigenvalue weighted by Crippen LogP contribution is 2.17. The van der Waals surface area contributed by atoms with Gasteiger partial charge in [0.1, 0.15) is 6.33 Å². The Bertz CT molecular complexity index is 589. The van der Waals surface area contributed by atoms with Crippen molar-refractivity contribution in [1.29, 1.82) is 0 Å². The van der Waals surface area contributed by atoms with Crippen LogP contribution < -0.4 is 0 Å². The molecule has 0 N–H and O–H groups in total. The van der Waals surface area contributed by atoms with Crippen LogP contribution in [0, 0.1) is 0 Å². The largest absolute Gasteiger partial charge is 0.462 e. The molecule has 1 aliphatic carbocycles. The van der Waals surface area contributed by atoms with E-state index >= 15 is 0 Å². The number of carbonyl (C=O) groups excluding carboxylic acids is 1. The molecule has 0 radical (unpaired) electrons. The van der Waals surface area contributed by atoms with Crippen molar-refractivity contribution in [2.45, 2.75) is 33.2 Å². The summed E-state index contributed by atoms with van der Waals surface area (Å²) in [5.74, 6) is -0.298. The molecule has 0 aliphatic heterocycles. The number of rotatable bonds is 4. The van der Waals surface area contributed by atoms with Crippen LogP contribution in [0.4, 0.5) is 0 Å². The Kier molecular flexibility index (Phi) is 5.37. The average molecular weight is 285 g/mol. The van der Waals surface area contributed by atoms with Crippen LogP contribution in [-0.2, 0) is 16.1 Å². The summed E-state index contributed by atoms with van der Waals surface area (Å²) in [5, 5.41) is 0. The zero-order chi connectivity index (χ0) is 15.1. The molecule has 0 saturated carbocycles. The predicted octanol–water partition coefficient (Wildman–Crippen LogP) is 2.65. The van der Waals surface area contributed by atoms with E-state index in [1.807, 2.05) is 25.1 Å². The van der Waals surface area contributed by atoms with Gasteiger partial charge in [0.15, 0.2) is 0 Å². The number of nitrogens with zero attached hydrogens (tertiary/aromatic N) is 3. The van der Waals surface area contributed by atoms with E-state index in [9.17, 15) is 4.79 Å². The van der Waals surface area contributed by atoms with Gasteiger partial charge in [-0.05, 0) is 44.9 Å². The lowest BCUT2D eigenvalue weighted by Crippen LogP contribution is -2.07. The molecule has 0 amide bonds. The molecule has 0 bridgehead atoms. The van der Waals surface area contributed by atoms with Crippen molar-refractivity contribution in [1.82, 2.24) is 9.97 Å². The highest BCUT2D eigenvalue weighted by atomic mass is 16.5. The molecule has 0 unspecified atom stereocenters. The minimum atomic E-state index is -0.298. The fourth-order valence-electron chi connectivity index (χ4n) is 2.01. The molecule has 0 spiro atoms. The normalized spacial score (nSPS) is 17.0. The van der Waals surface area contributed by atoms with Gasteiger partial charge in [-0.2, -0.15) is 0 Å². The molecular formula is C16H19N3O2. The molecule has 2 rings (SSSR count). The first-order chi connectivity index (χ1) is 10.2. The van der Waals surface area contributed by atoms with E-state index in [1.165, 1.54) is 6.33 Å². The quantitative estimate of drug-likeness (QED) is 0.798. The Morgan fingerprint density at radius 3 is 2.95 bits per heavy atom. The van der Waals surface area contributed by atoms with Crippen LogP contribution in [0.1, 0.15) is 32.4 Å². The first kappa shape index (κ1) is 15.1. The van der Waals surface area contributed by atoms with Gasteiger partial charge < -0.3 is 4.74 Å². The minimum Gasteiger partial charge on any atom is -0.462 e. The molecule has 0 saturated heterocycles. The Hall–Kier alpha value is -2.30. The zero-order valence-corrected chi connectivity index (χ0v) is 12.4. The summed E-state index contributed by atoms with van der Waals surface area (Å²) < 4.78 is 5.07. The van der Waals surface area contributed by atoms with E-state index in [-0.39, 0.29) is 5.97 Å². The summed E-state index contributed by atoms with van der Waals surface area (Å²) in [6, 6.07) is 1.83. The number of hydrogen-bond acceptors (Lipinski definition) is 5. The molecule has 0 atom stereocenters. The van der Waals surface area contributed by atoms with Gasteiger partial charge in [-0.15, -0.1) is 0 Å². The fraction of sp³-hybridized carbons (Fsp3) is 0.375. The van der Waals surface area contributed by atoms with Crippen LogP contribution >= 0.6 is 0 Å². The number of esters is 1. The lowest BCUT2D eigenvalue weighted by atomic mass is 10.1. The number of carbonyl (C=O) groups is 1. The van der Waals surface area contributed by atoms with Crippen molar-refractivity contribution < 1.29 is 9.53 Å². The fourth-order valence-corrected chi connectivity index (χ4v) is 2.01. The first-order valence-corrected chi connectivity index (χ1v) is 7.03. The van der Waals surface area contributed by atoms with Crippen molar-refractivity contribution in [2.75, 3.05) is 6.61 Å². The maximum absolute atomic E-state index is 11.9. The maximum Gasteiger partial charge on any atom is 0.338 e. The second-order valence-corrected chi connectivity index (χ2v) is 4.82. The van der Waals surface area contributed by atoms with Gasteiger partial charge in [0.25, 0.3) is 0 Å². The number of aliphatic imine (C=N–C) groups is 1. The summed E-state index contributed by atoms with van der Waals surface area (Å²) in [6.07, 6.45) is 8.61. The maximum atomic E-state index is 11.9. The Morgan fingerprint density at radius 1 is 1.38 bits per heavy atom. The van der Waals surface area contributed by atoms with Gasteiger partial charge in [0, 0.05) is 11.9 Å². The molecule has 1 aromatic heterocycles. The van der Waals surface area contributed by atoms with Crippen LogP contribution in [-0.4, -0.2) is 28.3 Å². The molecular weight excluding hydrogens is 266 g/mol. The van der Waals surface area contributed by atoms with E-state index in [4.69, 9.17) is 4.74 Å². The monoisotopic (exact) mass is 285 g/mol. The van der Waals surface area contributed by atoms with Gasteiger partial charge in [0.2, 0.25) is 0 Å². The summed E-state index contributed by atoms with van der Waals surface area (Å²) in [4.78, 5) is 24.5. The molecule has 1 aromatic rings. The van der Waals surface area contributed by atoms with Crippen LogP contribution in [0.25, 0.3) is 0 Å². The average Bonchev–Trinajstić information content (AvgIpc) is 2.68. The van der Waals surface area contributed by atoms with Gasteiger partial charge in [-0.3, -0.25) is 4.99 Å². The molecule has 5 heteroatoms. The molecule has 1 heterocycles. The highest BCUT2D eigenvalue weighted by molar-refractivity contribution is 6.04. The minimum absolute atomic E-state index is 0.298. The van der Waals surface area contributed by atoms with Crippen LogP contribution in [0.5, 0.6) is 0 Å². The smallest absolute Gasteiger partial charge is 0.338 e. The summed E-state index contributed by atoms with van der Waals surface area (Å²) in [7, 11) is 0. The van der Waals surface area contributed by atoms with E-state index in [2.05, 4.69) is 15.0 Å². The third kappa shape index (κ3) is 4.63. The molecule has 0 aromatic carbocycles.